The van der Waals surface area contributed by atoms with Gasteiger partial charge in [-0.2, -0.15) is 4.98 Å². The average molecular weight is 512 g/mol. The summed E-state index contributed by atoms with van der Waals surface area (Å²) in [6.45, 7) is 8.10. The number of carbonyl (C=O) groups is 1. The first-order chi connectivity index (χ1) is 18.2. The molecule has 38 heavy (non-hydrogen) atoms. The number of nitrogens with two attached hydrogens (primary N) is 1. The molecule has 0 aliphatic rings. The van der Waals surface area contributed by atoms with Crippen LogP contribution in [-0.4, -0.2) is 38.0 Å². The van der Waals surface area contributed by atoms with Crippen LogP contribution in [0.25, 0.3) is 22.7 Å². The van der Waals surface area contributed by atoms with Crippen LogP contribution in [0.3, 0.4) is 0 Å². The van der Waals surface area contributed by atoms with Gasteiger partial charge in [0.25, 0.3) is 5.56 Å². The maximum Gasteiger partial charge on any atom is 0.266 e. The maximum atomic E-state index is 13.6. The Morgan fingerprint density at radius 2 is 1.82 bits per heavy atom. The molecule has 0 bridgehead atoms. The van der Waals surface area contributed by atoms with Crippen molar-refractivity contribution in [2.24, 2.45) is 0 Å². The van der Waals surface area contributed by atoms with E-state index in [0.717, 1.165) is 11.3 Å². The first-order valence-corrected chi connectivity index (χ1v) is 12.7. The van der Waals surface area contributed by atoms with E-state index < -0.39 is 0 Å². The highest BCUT2D eigenvalue weighted by Crippen LogP contribution is 2.20. The molecule has 0 unspecified atom stereocenters. The second kappa shape index (κ2) is 11.7. The molecule has 0 radical (unpaired) electrons. The molecule has 9 nitrogen and oxygen atoms in total. The zero-order valence-electron chi connectivity index (χ0n) is 22.2. The van der Waals surface area contributed by atoms with Gasteiger partial charge in [-0.1, -0.05) is 30.3 Å². The van der Waals surface area contributed by atoms with Crippen LogP contribution in [-0.2, 0) is 11.2 Å². The Hall–Kier alpha value is -4.53. The molecule has 4 N–H and O–H groups in total. The van der Waals surface area contributed by atoms with Gasteiger partial charge in [0.15, 0.2) is 0 Å². The normalized spacial score (nSPS) is 11.4. The van der Waals surface area contributed by atoms with Crippen molar-refractivity contribution >= 4 is 34.7 Å². The highest BCUT2D eigenvalue weighted by atomic mass is 16.1. The second-order valence-corrected chi connectivity index (χ2v) is 9.43. The summed E-state index contributed by atoms with van der Waals surface area (Å²) in [6.07, 6.45) is 4.39. The molecule has 2 aromatic heterocycles. The average Bonchev–Trinajstić information content (AvgIpc) is 2.86. The summed E-state index contributed by atoms with van der Waals surface area (Å²) in [5.74, 6) is 1.19. The number of nitrogens with one attached hydrogen (secondary N) is 2. The summed E-state index contributed by atoms with van der Waals surface area (Å²) in [6, 6.07) is 15.3. The van der Waals surface area contributed by atoms with E-state index in [0.29, 0.717) is 53.2 Å². The molecular formula is C29H33N7O2. The van der Waals surface area contributed by atoms with E-state index in [4.69, 9.17) is 10.7 Å². The van der Waals surface area contributed by atoms with Crippen molar-refractivity contribution in [3.05, 3.63) is 87.6 Å². The predicted molar refractivity (Wildman–Crippen MR) is 152 cm³/mol. The lowest BCUT2D eigenvalue weighted by Gasteiger charge is -2.15. The number of rotatable bonds is 9. The summed E-state index contributed by atoms with van der Waals surface area (Å²) >= 11 is 0. The van der Waals surface area contributed by atoms with Gasteiger partial charge < -0.3 is 16.4 Å². The Balaban J connectivity index is 1.57. The Morgan fingerprint density at radius 3 is 2.55 bits per heavy atom. The van der Waals surface area contributed by atoms with Crippen LogP contribution >= 0.6 is 0 Å². The molecule has 0 aliphatic carbocycles. The number of anilines is 2. The molecule has 0 fully saturated rings. The highest BCUT2D eigenvalue weighted by molar-refractivity contribution is 5.92. The number of nitrogens with zero attached hydrogens (tertiary/aromatic N) is 4. The third-order valence-electron chi connectivity index (χ3n) is 6.05. The number of amides is 1. The van der Waals surface area contributed by atoms with Crippen molar-refractivity contribution in [2.75, 3.05) is 17.6 Å². The van der Waals surface area contributed by atoms with E-state index in [1.807, 2.05) is 76.2 Å². The molecule has 0 saturated heterocycles. The van der Waals surface area contributed by atoms with E-state index in [-0.39, 0.29) is 23.5 Å². The largest absolute Gasteiger partial charge is 0.369 e. The molecule has 2 aromatic carbocycles. The Bertz CT molecular complexity index is 1540. The quantitative estimate of drug-likeness (QED) is 0.229. The molecule has 0 atom stereocenters. The second-order valence-electron chi connectivity index (χ2n) is 9.43. The number of nitrogen functional groups attached to an aromatic ring is 1. The fourth-order valence-corrected chi connectivity index (χ4v) is 4.34. The highest BCUT2D eigenvalue weighted by Gasteiger charge is 2.15. The van der Waals surface area contributed by atoms with Gasteiger partial charge in [0.1, 0.15) is 11.6 Å². The van der Waals surface area contributed by atoms with Crippen molar-refractivity contribution in [1.82, 2.24) is 24.8 Å². The van der Waals surface area contributed by atoms with Crippen molar-refractivity contribution in [3.63, 3.8) is 0 Å². The fraction of sp³-hybridized carbons (Fsp3) is 0.276. The van der Waals surface area contributed by atoms with Crippen molar-refractivity contribution in [3.8, 4) is 5.69 Å². The number of para-hydroxylation sites is 1. The third-order valence-corrected chi connectivity index (χ3v) is 6.05. The van der Waals surface area contributed by atoms with Gasteiger partial charge in [-0.25, -0.2) is 9.97 Å². The van der Waals surface area contributed by atoms with Crippen molar-refractivity contribution in [1.29, 1.82) is 0 Å². The van der Waals surface area contributed by atoms with Gasteiger partial charge in [-0.15, -0.1) is 0 Å². The molecule has 2 heterocycles. The van der Waals surface area contributed by atoms with Gasteiger partial charge in [-0.3, -0.25) is 14.2 Å². The van der Waals surface area contributed by atoms with E-state index in [1.165, 1.54) is 6.08 Å². The summed E-state index contributed by atoms with van der Waals surface area (Å²) in [4.78, 5) is 39.1. The Kier molecular flexibility index (Phi) is 8.15. The Labute approximate surface area is 221 Å². The first-order valence-electron chi connectivity index (χ1n) is 12.7. The zero-order valence-corrected chi connectivity index (χ0v) is 22.2. The monoisotopic (exact) mass is 511 g/mol. The molecule has 0 saturated carbocycles. The van der Waals surface area contributed by atoms with E-state index in [1.54, 1.807) is 10.6 Å². The summed E-state index contributed by atoms with van der Waals surface area (Å²) in [5, 5.41) is 6.78. The fourth-order valence-electron chi connectivity index (χ4n) is 4.34. The van der Waals surface area contributed by atoms with Crippen LogP contribution in [0.4, 0.5) is 11.8 Å². The zero-order chi connectivity index (χ0) is 27.2. The predicted octanol–water partition coefficient (Wildman–Crippen LogP) is 3.96. The number of aryl methyl sites for hydroxylation is 3. The number of hydrogen-bond donors (Lipinski definition) is 3. The summed E-state index contributed by atoms with van der Waals surface area (Å²) in [5.41, 5.74) is 9.55. The van der Waals surface area contributed by atoms with Crippen molar-refractivity contribution in [2.45, 2.75) is 46.6 Å². The van der Waals surface area contributed by atoms with E-state index in [2.05, 4.69) is 20.6 Å². The summed E-state index contributed by atoms with van der Waals surface area (Å²) < 4.78 is 1.70. The number of benzene rings is 2. The number of hydrogen-bond acceptors (Lipinski definition) is 7. The molecule has 0 aliphatic heterocycles. The lowest BCUT2D eigenvalue weighted by Crippen LogP contribution is -2.28. The first kappa shape index (κ1) is 26.5. The van der Waals surface area contributed by atoms with Crippen LogP contribution < -0.4 is 21.9 Å². The van der Waals surface area contributed by atoms with Crippen LogP contribution in [0.2, 0.25) is 0 Å². The lowest BCUT2D eigenvalue weighted by atomic mass is 10.1. The van der Waals surface area contributed by atoms with Gasteiger partial charge in [0, 0.05) is 30.6 Å². The molecule has 196 valence electrons. The van der Waals surface area contributed by atoms with Crippen molar-refractivity contribution < 1.29 is 4.79 Å². The number of fused-ring (bicyclic) bond motifs is 1. The van der Waals surface area contributed by atoms with Gasteiger partial charge >= 0.3 is 0 Å². The smallest absolute Gasteiger partial charge is 0.266 e. The molecular weight excluding hydrogens is 478 g/mol. The minimum absolute atomic E-state index is 0.0365. The van der Waals surface area contributed by atoms with E-state index >= 15 is 0 Å². The lowest BCUT2D eigenvalue weighted by molar-refractivity contribution is -0.116. The molecule has 4 aromatic rings. The third kappa shape index (κ3) is 6.05. The number of aromatic nitrogens is 4. The molecule has 0 spiro atoms. The molecule has 4 rings (SSSR count). The van der Waals surface area contributed by atoms with Crippen LogP contribution in [0.5, 0.6) is 0 Å². The topological polar surface area (TPSA) is 128 Å². The van der Waals surface area contributed by atoms with Crippen LogP contribution in [0.15, 0.2) is 59.4 Å². The Morgan fingerprint density at radius 1 is 1.05 bits per heavy atom. The van der Waals surface area contributed by atoms with Gasteiger partial charge in [0.05, 0.1) is 22.3 Å². The van der Waals surface area contributed by atoms with E-state index in [9.17, 15) is 9.59 Å². The SMILES string of the molecule is Cc1nc(N)nc(NCCCc2nc3cccc(C)c3c(=O)n2-c2ccccc2)c1/C=C/C(=O)NC(C)C. The van der Waals surface area contributed by atoms with Crippen LogP contribution in [0.1, 0.15) is 42.9 Å². The van der Waals surface area contributed by atoms with Gasteiger partial charge in [-0.05, 0) is 64.0 Å². The maximum absolute atomic E-state index is 13.6. The molecule has 9 heteroatoms. The summed E-state index contributed by atoms with van der Waals surface area (Å²) in [7, 11) is 0. The minimum atomic E-state index is -0.196. The molecule has 1 amide bonds. The minimum Gasteiger partial charge on any atom is -0.369 e. The standard InChI is InChI=1S/C29H33N7O2/c1-18(2)32-25(37)16-15-22-20(4)33-29(30)35-27(22)31-17-9-14-24-34-23-13-8-10-19(3)26(23)28(38)36(24)21-11-6-5-7-12-21/h5-8,10-13,15-16,18H,9,14,17H2,1-4H3,(H,32,37)(H3,30,31,33,35)/b16-15+. The van der Waals surface area contributed by atoms with Gasteiger partial charge in [0.2, 0.25) is 11.9 Å². The van der Waals surface area contributed by atoms with Crippen LogP contribution in [0, 0.1) is 13.8 Å². The number of carbonyl (C=O) groups excluding carboxylic acids is 1.